The van der Waals surface area contributed by atoms with Gasteiger partial charge in [-0.05, 0) is 35.2 Å². The number of carboxylic acid groups (broad SMARTS) is 1. The van der Waals surface area contributed by atoms with E-state index in [1.54, 1.807) is 12.1 Å². The summed E-state index contributed by atoms with van der Waals surface area (Å²) in [6, 6.07) is 14.3. The fraction of sp³-hybridized carbons (Fsp3) is 0.133. The Balaban J connectivity index is 0.00000200. The average Bonchev–Trinajstić information content (AvgIpc) is 2.39. The molecule has 0 saturated carbocycles. The molecular weight excluding hydrogens is 297 g/mol. The summed E-state index contributed by atoms with van der Waals surface area (Å²) in [7, 11) is 0. The standard InChI is InChI=1S/C15H14ClNO2.ClH/c16-12-6-7-13(10-4-2-1-3-5-10)11(8-12)9-14(17)15(18)19;/h1-8,14H,9,17H2,(H,18,19);1H/t14-;/m0./s1. The SMILES string of the molecule is Cl.N[C@@H](Cc1cc(Cl)ccc1-c1ccccc1)C(=O)O. The number of aliphatic carboxylic acids is 1. The predicted octanol–water partition coefficient (Wildman–Crippen LogP) is 3.38. The zero-order chi connectivity index (χ0) is 13.8. The van der Waals surface area contributed by atoms with E-state index in [0.717, 1.165) is 16.7 Å². The summed E-state index contributed by atoms with van der Waals surface area (Å²) in [6.45, 7) is 0. The fourth-order valence-electron chi connectivity index (χ4n) is 1.95. The smallest absolute Gasteiger partial charge is 0.320 e. The Morgan fingerprint density at radius 3 is 2.45 bits per heavy atom. The largest absolute Gasteiger partial charge is 0.480 e. The summed E-state index contributed by atoms with van der Waals surface area (Å²) >= 11 is 5.98. The highest BCUT2D eigenvalue weighted by Gasteiger charge is 2.15. The van der Waals surface area contributed by atoms with Gasteiger partial charge in [0.25, 0.3) is 0 Å². The van der Waals surface area contributed by atoms with Crippen LogP contribution in [0.2, 0.25) is 5.02 Å². The molecule has 0 bridgehead atoms. The van der Waals surface area contributed by atoms with Crippen LogP contribution in [0.3, 0.4) is 0 Å². The van der Waals surface area contributed by atoms with Gasteiger partial charge >= 0.3 is 5.97 Å². The van der Waals surface area contributed by atoms with Crippen LogP contribution in [-0.4, -0.2) is 17.1 Å². The minimum Gasteiger partial charge on any atom is -0.480 e. The molecule has 0 heterocycles. The Morgan fingerprint density at radius 2 is 1.85 bits per heavy atom. The first-order valence-electron chi connectivity index (χ1n) is 5.90. The summed E-state index contributed by atoms with van der Waals surface area (Å²) in [5.74, 6) is -1.01. The van der Waals surface area contributed by atoms with Crippen LogP contribution in [0.25, 0.3) is 11.1 Å². The van der Waals surface area contributed by atoms with Crippen molar-refractivity contribution in [2.24, 2.45) is 5.73 Å². The fourth-order valence-corrected chi connectivity index (χ4v) is 2.15. The second-order valence-corrected chi connectivity index (χ2v) is 4.75. The molecule has 0 saturated heterocycles. The zero-order valence-corrected chi connectivity index (χ0v) is 12.2. The van der Waals surface area contributed by atoms with Crippen LogP contribution >= 0.6 is 24.0 Å². The monoisotopic (exact) mass is 311 g/mol. The van der Waals surface area contributed by atoms with Crippen molar-refractivity contribution in [1.29, 1.82) is 0 Å². The van der Waals surface area contributed by atoms with E-state index in [1.807, 2.05) is 36.4 Å². The van der Waals surface area contributed by atoms with Gasteiger partial charge in [-0.25, -0.2) is 0 Å². The van der Waals surface area contributed by atoms with Crippen molar-refractivity contribution >= 4 is 30.0 Å². The maximum atomic E-state index is 10.9. The lowest BCUT2D eigenvalue weighted by Gasteiger charge is -2.12. The van der Waals surface area contributed by atoms with Crippen LogP contribution in [0.4, 0.5) is 0 Å². The van der Waals surface area contributed by atoms with E-state index in [1.165, 1.54) is 0 Å². The molecule has 5 heteroatoms. The topological polar surface area (TPSA) is 63.3 Å². The van der Waals surface area contributed by atoms with Crippen molar-refractivity contribution < 1.29 is 9.90 Å². The van der Waals surface area contributed by atoms with Gasteiger partial charge in [0.2, 0.25) is 0 Å². The van der Waals surface area contributed by atoms with Gasteiger partial charge in [-0.15, -0.1) is 12.4 Å². The summed E-state index contributed by atoms with van der Waals surface area (Å²) in [5, 5.41) is 9.49. The number of rotatable bonds is 4. The van der Waals surface area contributed by atoms with Crippen molar-refractivity contribution in [3.05, 3.63) is 59.1 Å². The van der Waals surface area contributed by atoms with Gasteiger partial charge in [-0.1, -0.05) is 48.0 Å². The maximum Gasteiger partial charge on any atom is 0.320 e. The van der Waals surface area contributed by atoms with Gasteiger partial charge in [0.05, 0.1) is 0 Å². The average molecular weight is 312 g/mol. The third kappa shape index (κ3) is 3.97. The minimum absolute atomic E-state index is 0. The van der Waals surface area contributed by atoms with Crippen LogP contribution in [0.15, 0.2) is 48.5 Å². The number of carbonyl (C=O) groups is 1. The van der Waals surface area contributed by atoms with Crippen LogP contribution < -0.4 is 5.73 Å². The highest BCUT2D eigenvalue weighted by molar-refractivity contribution is 6.30. The van der Waals surface area contributed by atoms with Gasteiger partial charge in [0.15, 0.2) is 0 Å². The van der Waals surface area contributed by atoms with E-state index in [4.69, 9.17) is 22.4 Å². The molecule has 3 nitrogen and oxygen atoms in total. The first-order chi connectivity index (χ1) is 9.08. The first kappa shape index (κ1) is 16.5. The van der Waals surface area contributed by atoms with Crippen molar-refractivity contribution in [3.63, 3.8) is 0 Å². The Morgan fingerprint density at radius 1 is 1.20 bits per heavy atom. The van der Waals surface area contributed by atoms with Crippen LogP contribution in [-0.2, 0) is 11.2 Å². The van der Waals surface area contributed by atoms with E-state index in [0.29, 0.717) is 5.02 Å². The zero-order valence-electron chi connectivity index (χ0n) is 10.6. The molecule has 0 aliphatic rings. The molecular formula is C15H15Cl2NO2. The lowest BCUT2D eigenvalue weighted by atomic mass is 9.95. The molecule has 2 rings (SSSR count). The van der Waals surface area contributed by atoms with E-state index < -0.39 is 12.0 Å². The Labute approximate surface area is 128 Å². The number of nitrogens with two attached hydrogens (primary N) is 1. The van der Waals surface area contributed by atoms with Crippen molar-refractivity contribution in [3.8, 4) is 11.1 Å². The van der Waals surface area contributed by atoms with E-state index in [2.05, 4.69) is 0 Å². The molecule has 106 valence electrons. The van der Waals surface area contributed by atoms with Crippen molar-refractivity contribution in [2.45, 2.75) is 12.5 Å². The van der Waals surface area contributed by atoms with Gasteiger partial charge < -0.3 is 10.8 Å². The third-order valence-corrected chi connectivity index (χ3v) is 3.14. The molecule has 2 aromatic carbocycles. The second-order valence-electron chi connectivity index (χ2n) is 4.32. The lowest BCUT2D eigenvalue weighted by Crippen LogP contribution is -2.32. The van der Waals surface area contributed by atoms with Gasteiger partial charge in [-0.3, -0.25) is 4.79 Å². The molecule has 0 spiro atoms. The molecule has 0 aromatic heterocycles. The Kier molecular flexibility index (Phi) is 6.02. The molecule has 20 heavy (non-hydrogen) atoms. The molecule has 2 aromatic rings. The van der Waals surface area contributed by atoms with Crippen LogP contribution in [0.1, 0.15) is 5.56 Å². The van der Waals surface area contributed by atoms with Crippen molar-refractivity contribution in [1.82, 2.24) is 0 Å². The highest BCUT2D eigenvalue weighted by atomic mass is 35.5. The van der Waals surface area contributed by atoms with Gasteiger partial charge in [-0.2, -0.15) is 0 Å². The third-order valence-electron chi connectivity index (χ3n) is 2.91. The van der Waals surface area contributed by atoms with Gasteiger partial charge in [0, 0.05) is 5.02 Å². The van der Waals surface area contributed by atoms with Gasteiger partial charge in [0.1, 0.15) is 6.04 Å². The second kappa shape index (κ2) is 7.29. The number of carboxylic acids is 1. The normalized spacial score (nSPS) is 11.5. The van der Waals surface area contributed by atoms with Crippen LogP contribution in [0, 0.1) is 0 Å². The summed E-state index contributed by atoms with van der Waals surface area (Å²) in [6.07, 6.45) is 0.250. The van der Waals surface area contributed by atoms with Crippen molar-refractivity contribution in [2.75, 3.05) is 0 Å². The molecule has 0 radical (unpaired) electrons. The Bertz CT molecular complexity index is 588. The summed E-state index contributed by atoms with van der Waals surface area (Å²) in [5.41, 5.74) is 8.42. The first-order valence-corrected chi connectivity index (χ1v) is 6.28. The summed E-state index contributed by atoms with van der Waals surface area (Å²) in [4.78, 5) is 10.9. The minimum atomic E-state index is -1.01. The molecule has 3 N–H and O–H groups in total. The quantitative estimate of drug-likeness (QED) is 0.909. The number of benzene rings is 2. The summed E-state index contributed by atoms with van der Waals surface area (Å²) < 4.78 is 0. The van der Waals surface area contributed by atoms with Crippen LogP contribution in [0.5, 0.6) is 0 Å². The molecule has 1 atom stereocenters. The predicted molar refractivity (Wildman–Crippen MR) is 83.5 cm³/mol. The molecule has 0 fully saturated rings. The number of halogens is 2. The van der Waals surface area contributed by atoms with E-state index in [-0.39, 0.29) is 18.8 Å². The number of hydrogen-bond donors (Lipinski definition) is 2. The number of hydrogen-bond acceptors (Lipinski definition) is 2. The van der Waals surface area contributed by atoms with E-state index in [9.17, 15) is 4.79 Å². The molecule has 0 unspecified atom stereocenters. The lowest BCUT2D eigenvalue weighted by molar-refractivity contribution is -0.138. The molecule has 0 aliphatic heterocycles. The molecule has 0 aliphatic carbocycles. The maximum absolute atomic E-state index is 10.9. The highest BCUT2D eigenvalue weighted by Crippen LogP contribution is 2.27. The Hall–Kier alpha value is -1.55. The molecule has 0 amide bonds. The van der Waals surface area contributed by atoms with E-state index >= 15 is 0 Å².